The number of nitrogens with zero attached hydrogens (tertiary/aromatic N) is 2. The summed E-state index contributed by atoms with van der Waals surface area (Å²) in [7, 11) is 0. The average Bonchev–Trinajstić information content (AvgIpc) is 2.11. The van der Waals surface area contributed by atoms with Crippen LogP contribution in [0, 0.1) is 10.1 Å². The van der Waals surface area contributed by atoms with Crippen molar-refractivity contribution >= 4 is 5.69 Å². The summed E-state index contributed by atoms with van der Waals surface area (Å²) in [5.74, 6) is -3.71. The Hall–Kier alpha value is -2.27. The number of alkyl halides is 6. The van der Waals surface area contributed by atoms with E-state index in [1.807, 2.05) is 0 Å². The Morgan fingerprint density at radius 1 is 1.26 bits per heavy atom. The van der Waals surface area contributed by atoms with E-state index in [1.54, 1.807) is 0 Å². The topological polar surface area (TPSA) is 85.5 Å². The van der Waals surface area contributed by atoms with E-state index >= 15 is 0 Å². The van der Waals surface area contributed by atoms with Gasteiger partial charge >= 0.3 is 18.2 Å². The van der Waals surface area contributed by atoms with E-state index in [2.05, 4.69) is 9.72 Å². The summed E-state index contributed by atoms with van der Waals surface area (Å²) in [6, 6.07) is 0. The Kier molecular flexibility index (Phi) is 3.45. The van der Waals surface area contributed by atoms with E-state index in [0.29, 0.717) is 0 Å². The molecule has 0 saturated heterocycles. The van der Waals surface area contributed by atoms with Crippen molar-refractivity contribution in [3.8, 4) is 11.5 Å². The third kappa shape index (κ3) is 3.35. The van der Waals surface area contributed by atoms with Crippen molar-refractivity contribution in [3.63, 3.8) is 0 Å². The third-order valence-electron chi connectivity index (χ3n) is 1.67. The normalized spacial score (nSPS) is 12.3. The molecular formula is C7H2F6N2O4. The van der Waals surface area contributed by atoms with E-state index in [4.69, 9.17) is 5.11 Å². The van der Waals surface area contributed by atoms with Crippen LogP contribution >= 0.6 is 0 Å². The highest BCUT2D eigenvalue weighted by Crippen LogP contribution is 2.44. The summed E-state index contributed by atoms with van der Waals surface area (Å²) < 4.78 is 75.5. The molecule has 1 heterocycles. The molecule has 19 heavy (non-hydrogen) atoms. The molecule has 0 aromatic carbocycles. The smallest absolute Gasteiger partial charge is 0.500 e. The van der Waals surface area contributed by atoms with Gasteiger partial charge in [-0.1, -0.05) is 0 Å². The minimum atomic E-state index is -5.39. The van der Waals surface area contributed by atoms with Crippen molar-refractivity contribution in [2.75, 3.05) is 0 Å². The fourth-order valence-electron chi connectivity index (χ4n) is 1.06. The van der Waals surface area contributed by atoms with Gasteiger partial charge in [0.05, 0.1) is 11.1 Å². The zero-order valence-corrected chi connectivity index (χ0v) is 8.41. The Labute approximate surface area is 98.9 Å². The van der Waals surface area contributed by atoms with Crippen molar-refractivity contribution in [2.45, 2.75) is 12.5 Å². The van der Waals surface area contributed by atoms with Crippen LogP contribution in [0.25, 0.3) is 0 Å². The number of pyridine rings is 1. The molecule has 6 nitrogen and oxygen atoms in total. The first-order valence-corrected chi connectivity index (χ1v) is 4.12. The largest absolute Gasteiger partial charge is 0.573 e. The standard InChI is InChI=1S/C7H2F6N2O4/c8-6(9,10)5-4(16)3(15(17)18)2(1-14-5)19-7(11,12)13/h1,16H. The predicted octanol–water partition coefficient (Wildman–Crippen LogP) is 2.61. The number of ether oxygens (including phenoxy) is 1. The molecule has 12 heteroatoms. The number of aromatic nitrogens is 1. The first-order chi connectivity index (χ1) is 8.43. The summed E-state index contributed by atoms with van der Waals surface area (Å²) in [6.45, 7) is 0. The van der Waals surface area contributed by atoms with Gasteiger partial charge in [-0.2, -0.15) is 13.2 Å². The van der Waals surface area contributed by atoms with Gasteiger partial charge in [0, 0.05) is 0 Å². The number of hydrogen-bond acceptors (Lipinski definition) is 5. The highest BCUT2D eigenvalue weighted by Gasteiger charge is 2.43. The van der Waals surface area contributed by atoms with Crippen LogP contribution in [0.3, 0.4) is 0 Å². The van der Waals surface area contributed by atoms with E-state index < -0.39 is 40.3 Å². The van der Waals surface area contributed by atoms with E-state index in [-0.39, 0.29) is 6.20 Å². The molecule has 1 aromatic rings. The van der Waals surface area contributed by atoms with E-state index in [1.165, 1.54) is 0 Å². The zero-order valence-electron chi connectivity index (χ0n) is 8.41. The van der Waals surface area contributed by atoms with Gasteiger partial charge in [-0.15, -0.1) is 13.2 Å². The molecular weight excluding hydrogens is 290 g/mol. The molecule has 0 unspecified atom stereocenters. The quantitative estimate of drug-likeness (QED) is 0.514. The molecule has 106 valence electrons. The maximum atomic E-state index is 12.3. The monoisotopic (exact) mass is 292 g/mol. The Balaban J connectivity index is 3.45. The molecule has 1 aromatic heterocycles. The summed E-state index contributed by atoms with van der Waals surface area (Å²) in [6.07, 6.45) is -10.8. The van der Waals surface area contributed by atoms with Crippen molar-refractivity contribution in [2.24, 2.45) is 0 Å². The molecule has 0 aliphatic heterocycles. The molecule has 0 aliphatic carbocycles. The van der Waals surface area contributed by atoms with Gasteiger partial charge in [0.2, 0.25) is 11.5 Å². The van der Waals surface area contributed by atoms with Crippen molar-refractivity contribution < 1.29 is 41.1 Å². The molecule has 0 radical (unpaired) electrons. The van der Waals surface area contributed by atoms with Crippen LogP contribution in [-0.4, -0.2) is 21.4 Å². The van der Waals surface area contributed by atoms with Crippen LogP contribution in [0.1, 0.15) is 5.69 Å². The van der Waals surface area contributed by atoms with Gasteiger partial charge in [0.1, 0.15) is 0 Å². The average molecular weight is 292 g/mol. The summed E-state index contributed by atoms with van der Waals surface area (Å²) in [5, 5.41) is 19.4. The molecule has 0 amide bonds. The summed E-state index contributed by atoms with van der Waals surface area (Å²) in [4.78, 5) is 11.2. The van der Waals surface area contributed by atoms with Crippen molar-refractivity contribution in [1.82, 2.24) is 4.98 Å². The lowest BCUT2D eigenvalue weighted by atomic mass is 10.2. The lowest BCUT2D eigenvalue weighted by Crippen LogP contribution is -2.19. The Bertz CT molecular complexity index is 512. The lowest BCUT2D eigenvalue weighted by molar-refractivity contribution is -0.390. The molecule has 1 N–H and O–H groups in total. The van der Waals surface area contributed by atoms with Gasteiger partial charge in [0.15, 0.2) is 5.69 Å². The van der Waals surface area contributed by atoms with Crippen LogP contribution in [0.15, 0.2) is 6.20 Å². The van der Waals surface area contributed by atoms with Crippen molar-refractivity contribution in [1.29, 1.82) is 0 Å². The SMILES string of the molecule is O=[N+]([O-])c1c(OC(F)(F)F)cnc(C(F)(F)F)c1O. The number of rotatable bonds is 2. The molecule has 0 fully saturated rings. The van der Waals surface area contributed by atoms with Crippen LogP contribution in [-0.2, 0) is 6.18 Å². The highest BCUT2D eigenvalue weighted by atomic mass is 19.4. The van der Waals surface area contributed by atoms with Gasteiger partial charge < -0.3 is 9.84 Å². The molecule has 0 saturated carbocycles. The maximum Gasteiger partial charge on any atom is 0.573 e. The fourth-order valence-corrected chi connectivity index (χ4v) is 1.06. The van der Waals surface area contributed by atoms with Gasteiger partial charge in [-0.25, -0.2) is 4.98 Å². The molecule has 0 aliphatic rings. The second-order valence-electron chi connectivity index (χ2n) is 2.97. The molecule has 0 spiro atoms. The van der Waals surface area contributed by atoms with Crippen LogP contribution < -0.4 is 4.74 Å². The van der Waals surface area contributed by atoms with E-state index in [0.717, 1.165) is 0 Å². The van der Waals surface area contributed by atoms with Crippen LogP contribution in [0.4, 0.5) is 32.0 Å². The Morgan fingerprint density at radius 3 is 2.16 bits per heavy atom. The molecule has 0 atom stereocenters. The van der Waals surface area contributed by atoms with Crippen LogP contribution in [0.5, 0.6) is 11.5 Å². The summed E-state index contributed by atoms with van der Waals surface area (Å²) >= 11 is 0. The first kappa shape index (κ1) is 14.8. The van der Waals surface area contributed by atoms with Gasteiger partial charge in [0.25, 0.3) is 0 Å². The van der Waals surface area contributed by atoms with E-state index in [9.17, 15) is 36.5 Å². The lowest BCUT2D eigenvalue weighted by Gasteiger charge is -2.12. The summed E-state index contributed by atoms with van der Waals surface area (Å²) in [5.41, 5.74) is -3.96. The zero-order chi connectivity index (χ0) is 15.0. The second-order valence-corrected chi connectivity index (χ2v) is 2.97. The van der Waals surface area contributed by atoms with Gasteiger partial charge in [-0.3, -0.25) is 10.1 Å². The number of hydrogen-bond donors (Lipinski definition) is 1. The first-order valence-electron chi connectivity index (χ1n) is 4.12. The fraction of sp³-hybridized carbons (Fsp3) is 0.286. The Morgan fingerprint density at radius 2 is 1.79 bits per heavy atom. The van der Waals surface area contributed by atoms with Crippen LogP contribution in [0.2, 0.25) is 0 Å². The van der Waals surface area contributed by atoms with Crippen molar-refractivity contribution in [3.05, 3.63) is 22.0 Å². The highest BCUT2D eigenvalue weighted by molar-refractivity contribution is 5.58. The maximum absolute atomic E-state index is 12.3. The molecule has 1 rings (SSSR count). The second kappa shape index (κ2) is 4.44. The predicted molar refractivity (Wildman–Crippen MR) is 44.2 cm³/mol. The third-order valence-corrected chi connectivity index (χ3v) is 1.67. The minimum absolute atomic E-state index is 0.145. The number of halogens is 6. The number of aromatic hydroxyl groups is 1. The minimum Gasteiger partial charge on any atom is -0.500 e. The molecule has 0 bridgehead atoms. The van der Waals surface area contributed by atoms with Gasteiger partial charge in [-0.05, 0) is 0 Å². The number of nitro groups is 1.